The van der Waals surface area contributed by atoms with Gasteiger partial charge in [0.25, 0.3) is 0 Å². The van der Waals surface area contributed by atoms with Crippen LogP contribution in [0, 0.1) is 17.8 Å². The first-order valence-electron chi connectivity index (χ1n) is 10.7. The van der Waals surface area contributed by atoms with E-state index in [1.165, 1.54) is 38.5 Å². The fraction of sp³-hybridized carbons (Fsp3) is 0.905. The second-order valence-corrected chi connectivity index (χ2v) is 8.67. The Morgan fingerprint density at radius 1 is 0.920 bits per heavy atom. The molecule has 1 atom stereocenters. The molecule has 0 bridgehead atoms. The van der Waals surface area contributed by atoms with Crippen LogP contribution in [0.3, 0.4) is 0 Å². The van der Waals surface area contributed by atoms with Crippen molar-refractivity contribution in [1.29, 1.82) is 0 Å². The summed E-state index contributed by atoms with van der Waals surface area (Å²) in [6, 6.07) is 0.294. The van der Waals surface area contributed by atoms with Gasteiger partial charge in [-0.3, -0.25) is 9.59 Å². The quantitative estimate of drug-likeness (QED) is 0.819. The van der Waals surface area contributed by atoms with Gasteiger partial charge in [-0.2, -0.15) is 0 Å². The topological polar surface area (TPSA) is 49.4 Å². The zero-order chi connectivity index (χ0) is 17.6. The van der Waals surface area contributed by atoms with Gasteiger partial charge in [0.05, 0.1) is 0 Å². The molecule has 1 heterocycles. The molecule has 3 fully saturated rings. The fourth-order valence-corrected chi connectivity index (χ4v) is 5.10. The molecule has 3 aliphatic rings. The van der Waals surface area contributed by atoms with E-state index in [1.54, 1.807) is 0 Å². The Bertz CT molecular complexity index is 451. The van der Waals surface area contributed by atoms with Gasteiger partial charge in [0, 0.05) is 31.5 Å². The van der Waals surface area contributed by atoms with Crippen LogP contribution in [0.25, 0.3) is 0 Å². The Balaban J connectivity index is 1.39. The highest BCUT2D eigenvalue weighted by molar-refractivity contribution is 5.79. The van der Waals surface area contributed by atoms with Crippen LogP contribution in [-0.4, -0.2) is 35.8 Å². The number of piperidine rings is 1. The standard InChI is InChI=1S/C21H36N2O2/c1-2-16-8-5-13-23(15-16)21(25)18-9-11-19(12-10-18)22-20(24)14-17-6-3-4-7-17/h16-19H,2-15H2,1H3,(H,22,24)/t16-,18?,19?/m1/s1. The Hall–Kier alpha value is -1.06. The van der Waals surface area contributed by atoms with Crippen molar-refractivity contribution in [2.24, 2.45) is 17.8 Å². The van der Waals surface area contributed by atoms with Crippen LogP contribution in [0.4, 0.5) is 0 Å². The maximum absolute atomic E-state index is 12.8. The van der Waals surface area contributed by atoms with E-state index in [0.717, 1.165) is 45.2 Å². The zero-order valence-corrected chi connectivity index (χ0v) is 16.0. The van der Waals surface area contributed by atoms with Gasteiger partial charge in [0.1, 0.15) is 0 Å². The number of nitrogens with zero attached hydrogens (tertiary/aromatic N) is 1. The van der Waals surface area contributed by atoms with E-state index in [0.29, 0.717) is 30.2 Å². The first kappa shape index (κ1) is 18.7. The first-order chi connectivity index (χ1) is 12.2. The minimum atomic E-state index is 0.193. The van der Waals surface area contributed by atoms with Gasteiger partial charge in [-0.05, 0) is 63.2 Å². The highest BCUT2D eigenvalue weighted by Crippen LogP contribution is 2.30. The number of carbonyl (C=O) groups excluding carboxylic acids is 2. The maximum Gasteiger partial charge on any atom is 0.225 e. The number of rotatable bonds is 5. The predicted molar refractivity (Wildman–Crippen MR) is 100 cm³/mol. The van der Waals surface area contributed by atoms with Crippen molar-refractivity contribution in [2.45, 2.75) is 90.0 Å². The summed E-state index contributed by atoms with van der Waals surface area (Å²) in [6.45, 7) is 4.15. The average Bonchev–Trinajstić information content (AvgIpc) is 3.14. The van der Waals surface area contributed by atoms with Crippen LogP contribution in [0.2, 0.25) is 0 Å². The van der Waals surface area contributed by atoms with Gasteiger partial charge < -0.3 is 10.2 Å². The first-order valence-corrected chi connectivity index (χ1v) is 10.7. The van der Waals surface area contributed by atoms with Crippen LogP contribution >= 0.6 is 0 Å². The summed E-state index contributed by atoms with van der Waals surface area (Å²) in [5.41, 5.74) is 0. The minimum absolute atomic E-state index is 0.193. The van der Waals surface area contributed by atoms with Crippen molar-refractivity contribution in [2.75, 3.05) is 13.1 Å². The molecule has 0 aromatic carbocycles. The molecular formula is C21H36N2O2. The molecular weight excluding hydrogens is 312 g/mol. The van der Waals surface area contributed by atoms with Crippen molar-refractivity contribution in [3.05, 3.63) is 0 Å². The molecule has 2 amide bonds. The molecule has 0 aromatic heterocycles. The molecule has 0 aromatic rings. The molecule has 3 rings (SSSR count). The molecule has 0 unspecified atom stereocenters. The average molecular weight is 349 g/mol. The lowest BCUT2D eigenvalue weighted by Crippen LogP contribution is -2.45. The van der Waals surface area contributed by atoms with E-state index < -0.39 is 0 Å². The Morgan fingerprint density at radius 3 is 2.28 bits per heavy atom. The van der Waals surface area contributed by atoms with Crippen LogP contribution in [0.1, 0.15) is 84.0 Å². The molecule has 2 aliphatic carbocycles. The van der Waals surface area contributed by atoms with Crippen LogP contribution in [0.5, 0.6) is 0 Å². The molecule has 2 saturated carbocycles. The number of likely N-dealkylation sites (tertiary alicyclic amines) is 1. The van der Waals surface area contributed by atoms with E-state index in [4.69, 9.17) is 0 Å². The molecule has 142 valence electrons. The van der Waals surface area contributed by atoms with E-state index in [1.807, 2.05) is 0 Å². The van der Waals surface area contributed by atoms with E-state index in [2.05, 4.69) is 17.1 Å². The molecule has 0 spiro atoms. The lowest BCUT2D eigenvalue weighted by atomic mass is 9.84. The van der Waals surface area contributed by atoms with Gasteiger partial charge in [0.2, 0.25) is 11.8 Å². The number of amides is 2. The highest BCUT2D eigenvalue weighted by atomic mass is 16.2. The van der Waals surface area contributed by atoms with Crippen LogP contribution < -0.4 is 5.32 Å². The molecule has 1 aliphatic heterocycles. The number of hydrogen-bond acceptors (Lipinski definition) is 2. The molecule has 4 nitrogen and oxygen atoms in total. The third-order valence-electron chi connectivity index (χ3n) is 6.80. The zero-order valence-electron chi connectivity index (χ0n) is 16.0. The number of hydrogen-bond donors (Lipinski definition) is 1. The smallest absolute Gasteiger partial charge is 0.225 e. The maximum atomic E-state index is 12.8. The van der Waals surface area contributed by atoms with Crippen molar-refractivity contribution < 1.29 is 9.59 Å². The van der Waals surface area contributed by atoms with Crippen molar-refractivity contribution in [1.82, 2.24) is 10.2 Å². The van der Waals surface area contributed by atoms with E-state index >= 15 is 0 Å². The van der Waals surface area contributed by atoms with Gasteiger partial charge >= 0.3 is 0 Å². The highest BCUT2D eigenvalue weighted by Gasteiger charge is 2.32. The second-order valence-electron chi connectivity index (χ2n) is 8.67. The summed E-state index contributed by atoms with van der Waals surface area (Å²) in [5.74, 6) is 2.13. The predicted octanol–water partition coefficient (Wildman–Crippen LogP) is 3.89. The Labute approximate surface area is 153 Å². The van der Waals surface area contributed by atoms with Gasteiger partial charge in [-0.1, -0.05) is 26.2 Å². The largest absolute Gasteiger partial charge is 0.353 e. The summed E-state index contributed by atoms with van der Waals surface area (Å²) in [4.78, 5) is 27.2. The molecule has 1 saturated heterocycles. The van der Waals surface area contributed by atoms with Crippen molar-refractivity contribution >= 4 is 11.8 Å². The third kappa shape index (κ3) is 5.21. The minimum Gasteiger partial charge on any atom is -0.353 e. The molecule has 0 radical (unpaired) electrons. The number of carbonyl (C=O) groups is 2. The fourth-order valence-electron chi connectivity index (χ4n) is 5.10. The number of nitrogens with one attached hydrogen (secondary N) is 1. The van der Waals surface area contributed by atoms with E-state index in [-0.39, 0.29) is 11.8 Å². The van der Waals surface area contributed by atoms with Crippen molar-refractivity contribution in [3.8, 4) is 0 Å². The summed E-state index contributed by atoms with van der Waals surface area (Å²) < 4.78 is 0. The SMILES string of the molecule is CC[C@@H]1CCCN(C(=O)C2CCC(NC(=O)CC3CCCC3)CC2)C1. The third-order valence-corrected chi connectivity index (χ3v) is 6.80. The molecule has 25 heavy (non-hydrogen) atoms. The normalized spacial score (nSPS) is 31.1. The van der Waals surface area contributed by atoms with Gasteiger partial charge in [0.15, 0.2) is 0 Å². The lowest BCUT2D eigenvalue weighted by molar-refractivity contribution is -0.138. The summed E-state index contributed by atoms with van der Waals surface area (Å²) >= 11 is 0. The summed E-state index contributed by atoms with van der Waals surface area (Å²) in [6.07, 6.45) is 13.2. The second kappa shape index (κ2) is 9.05. The molecule has 4 heteroatoms. The summed E-state index contributed by atoms with van der Waals surface area (Å²) in [5, 5.41) is 3.24. The van der Waals surface area contributed by atoms with Crippen LogP contribution in [-0.2, 0) is 9.59 Å². The monoisotopic (exact) mass is 348 g/mol. The summed E-state index contributed by atoms with van der Waals surface area (Å²) in [7, 11) is 0. The van der Waals surface area contributed by atoms with Crippen LogP contribution in [0.15, 0.2) is 0 Å². The molecule has 1 N–H and O–H groups in total. The van der Waals surface area contributed by atoms with Gasteiger partial charge in [-0.15, -0.1) is 0 Å². The Morgan fingerprint density at radius 2 is 1.60 bits per heavy atom. The van der Waals surface area contributed by atoms with Crippen molar-refractivity contribution in [3.63, 3.8) is 0 Å². The van der Waals surface area contributed by atoms with E-state index in [9.17, 15) is 9.59 Å². The Kier molecular flexibility index (Phi) is 6.77. The lowest BCUT2D eigenvalue weighted by Gasteiger charge is -2.37. The van der Waals surface area contributed by atoms with Gasteiger partial charge in [-0.25, -0.2) is 0 Å².